The fourth-order valence-electron chi connectivity index (χ4n) is 3.15. The molecule has 1 aliphatic carbocycles. The van der Waals surface area contributed by atoms with Crippen molar-refractivity contribution in [2.24, 2.45) is 7.05 Å². The van der Waals surface area contributed by atoms with Crippen LogP contribution in [-0.4, -0.2) is 43.7 Å². The van der Waals surface area contributed by atoms with Gasteiger partial charge in [-0.15, -0.1) is 0 Å². The fourth-order valence-corrected chi connectivity index (χ4v) is 3.15. The second-order valence-corrected chi connectivity index (χ2v) is 6.48. The standard InChI is InChI=1S/C17H26N6O2/c1-3-23(12-15-18-10-11-22(15)2)17(24)19-9-8-14-20-16(25-21-14)13-6-4-5-7-13/h10-11,13H,3-9,12H2,1-2H3,(H,19,24). The van der Waals surface area contributed by atoms with Gasteiger partial charge in [0, 0.05) is 44.9 Å². The van der Waals surface area contributed by atoms with Crippen LogP contribution >= 0.6 is 0 Å². The van der Waals surface area contributed by atoms with Crippen LogP contribution in [0.15, 0.2) is 16.9 Å². The fraction of sp³-hybridized carbons (Fsp3) is 0.647. The van der Waals surface area contributed by atoms with Gasteiger partial charge in [-0.05, 0) is 19.8 Å². The number of aryl methyl sites for hydroxylation is 1. The molecule has 2 amide bonds. The summed E-state index contributed by atoms with van der Waals surface area (Å²) in [6, 6.07) is -0.106. The summed E-state index contributed by atoms with van der Waals surface area (Å²) in [6.45, 7) is 3.54. The Hall–Kier alpha value is -2.38. The summed E-state index contributed by atoms with van der Waals surface area (Å²) >= 11 is 0. The van der Waals surface area contributed by atoms with E-state index in [1.807, 2.05) is 24.7 Å². The van der Waals surface area contributed by atoms with Crippen molar-refractivity contribution in [3.8, 4) is 0 Å². The van der Waals surface area contributed by atoms with Gasteiger partial charge in [-0.2, -0.15) is 4.98 Å². The molecule has 3 rings (SSSR count). The molecule has 0 aliphatic heterocycles. The van der Waals surface area contributed by atoms with Gasteiger partial charge in [0.2, 0.25) is 5.89 Å². The van der Waals surface area contributed by atoms with Crippen LogP contribution in [0.25, 0.3) is 0 Å². The molecule has 1 fully saturated rings. The monoisotopic (exact) mass is 346 g/mol. The molecule has 0 atom stereocenters. The molecule has 1 saturated carbocycles. The molecule has 8 heteroatoms. The topological polar surface area (TPSA) is 89.1 Å². The summed E-state index contributed by atoms with van der Waals surface area (Å²) in [4.78, 5) is 22.8. The van der Waals surface area contributed by atoms with Gasteiger partial charge in [-0.1, -0.05) is 18.0 Å². The van der Waals surface area contributed by atoms with Crippen LogP contribution in [0.1, 0.15) is 56.1 Å². The Morgan fingerprint density at radius 2 is 2.24 bits per heavy atom. The normalized spacial score (nSPS) is 14.8. The second kappa shape index (κ2) is 8.13. The average molecular weight is 346 g/mol. The van der Waals surface area contributed by atoms with E-state index < -0.39 is 0 Å². The van der Waals surface area contributed by atoms with Crippen molar-refractivity contribution in [2.75, 3.05) is 13.1 Å². The van der Waals surface area contributed by atoms with E-state index in [9.17, 15) is 4.79 Å². The lowest BCUT2D eigenvalue weighted by atomic mass is 10.1. The zero-order valence-electron chi connectivity index (χ0n) is 14.9. The van der Waals surface area contributed by atoms with Gasteiger partial charge in [-0.3, -0.25) is 0 Å². The molecule has 0 saturated heterocycles. The summed E-state index contributed by atoms with van der Waals surface area (Å²) in [5.74, 6) is 2.69. The van der Waals surface area contributed by atoms with E-state index >= 15 is 0 Å². The number of rotatable bonds is 7. The Morgan fingerprint density at radius 1 is 1.44 bits per heavy atom. The van der Waals surface area contributed by atoms with Crippen LogP contribution < -0.4 is 5.32 Å². The number of imidazole rings is 1. The molecular weight excluding hydrogens is 320 g/mol. The van der Waals surface area contributed by atoms with Gasteiger partial charge < -0.3 is 19.3 Å². The zero-order chi connectivity index (χ0) is 17.6. The predicted molar refractivity (Wildman–Crippen MR) is 91.9 cm³/mol. The number of hydrogen-bond donors (Lipinski definition) is 1. The van der Waals surface area contributed by atoms with E-state index in [4.69, 9.17) is 4.52 Å². The molecule has 2 aromatic heterocycles. The third kappa shape index (κ3) is 4.37. The molecule has 2 heterocycles. The number of urea groups is 1. The van der Waals surface area contributed by atoms with E-state index in [-0.39, 0.29) is 6.03 Å². The molecule has 0 unspecified atom stereocenters. The first-order chi connectivity index (χ1) is 12.2. The van der Waals surface area contributed by atoms with E-state index in [0.717, 1.165) is 24.6 Å². The van der Waals surface area contributed by atoms with Gasteiger partial charge >= 0.3 is 6.03 Å². The smallest absolute Gasteiger partial charge is 0.317 e. The van der Waals surface area contributed by atoms with Crippen molar-refractivity contribution in [3.05, 3.63) is 29.9 Å². The molecule has 1 aliphatic rings. The van der Waals surface area contributed by atoms with Crippen LogP contribution in [0.2, 0.25) is 0 Å². The highest BCUT2D eigenvalue weighted by Gasteiger charge is 2.23. The Morgan fingerprint density at radius 3 is 2.92 bits per heavy atom. The van der Waals surface area contributed by atoms with Crippen LogP contribution in [0.4, 0.5) is 4.79 Å². The molecule has 0 spiro atoms. The van der Waals surface area contributed by atoms with Gasteiger partial charge in [0.1, 0.15) is 5.82 Å². The largest absolute Gasteiger partial charge is 0.339 e. The number of carbonyl (C=O) groups excluding carboxylic acids is 1. The summed E-state index contributed by atoms with van der Waals surface area (Å²) in [6.07, 6.45) is 8.93. The second-order valence-electron chi connectivity index (χ2n) is 6.48. The number of aromatic nitrogens is 4. The first kappa shape index (κ1) is 17.4. The highest BCUT2D eigenvalue weighted by atomic mass is 16.5. The Bertz CT molecular complexity index is 689. The maximum absolute atomic E-state index is 12.3. The van der Waals surface area contributed by atoms with E-state index in [0.29, 0.717) is 37.8 Å². The van der Waals surface area contributed by atoms with Crippen molar-refractivity contribution in [1.29, 1.82) is 0 Å². The Balaban J connectivity index is 1.45. The molecule has 2 aromatic rings. The first-order valence-electron chi connectivity index (χ1n) is 8.98. The maximum Gasteiger partial charge on any atom is 0.317 e. The predicted octanol–water partition coefficient (Wildman–Crippen LogP) is 2.23. The summed E-state index contributed by atoms with van der Waals surface area (Å²) in [5, 5.41) is 6.95. The summed E-state index contributed by atoms with van der Waals surface area (Å²) < 4.78 is 7.28. The first-order valence-corrected chi connectivity index (χ1v) is 8.98. The molecular formula is C17H26N6O2. The number of hydrogen-bond acceptors (Lipinski definition) is 5. The van der Waals surface area contributed by atoms with Crippen molar-refractivity contribution in [3.63, 3.8) is 0 Å². The Kier molecular flexibility index (Phi) is 5.67. The minimum atomic E-state index is -0.106. The minimum absolute atomic E-state index is 0.106. The quantitative estimate of drug-likeness (QED) is 0.830. The SMILES string of the molecule is CCN(Cc1nccn1C)C(=O)NCCc1noc(C2CCCC2)n1. The van der Waals surface area contributed by atoms with Crippen molar-refractivity contribution in [2.45, 2.75) is 51.5 Å². The lowest BCUT2D eigenvalue weighted by molar-refractivity contribution is 0.196. The van der Waals surface area contributed by atoms with Crippen LogP contribution in [0.5, 0.6) is 0 Å². The van der Waals surface area contributed by atoms with Gasteiger partial charge in [0.25, 0.3) is 0 Å². The number of nitrogens with zero attached hydrogens (tertiary/aromatic N) is 5. The Labute approximate surface area is 147 Å². The van der Waals surface area contributed by atoms with Crippen LogP contribution in [0, 0.1) is 0 Å². The van der Waals surface area contributed by atoms with Crippen LogP contribution in [-0.2, 0) is 20.0 Å². The minimum Gasteiger partial charge on any atom is -0.339 e. The molecule has 25 heavy (non-hydrogen) atoms. The lowest BCUT2D eigenvalue weighted by Gasteiger charge is -2.20. The van der Waals surface area contributed by atoms with Crippen LogP contribution in [0.3, 0.4) is 0 Å². The van der Waals surface area contributed by atoms with Crippen molar-refractivity contribution >= 4 is 6.03 Å². The highest BCUT2D eigenvalue weighted by molar-refractivity contribution is 5.74. The average Bonchev–Trinajstić information content (AvgIpc) is 3.34. The molecule has 136 valence electrons. The highest BCUT2D eigenvalue weighted by Crippen LogP contribution is 2.32. The van der Waals surface area contributed by atoms with E-state index in [1.54, 1.807) is 11.1 Å². The van der Waals surface area contributed by atoms with Gasteiger partial charge in [-0.25, -0.2) is 9.78 Å². The van der Waals surface area contributed by atoms with E-state index in [1.165, 1.54) is 12.8 Å². The number of carbonyl (C=O) groups is 1. The maximum atomic E-state index is 12.3. The molecule has 0 bridgehead atoms. The molecule has 8 nitrogen and oxygen atoms in total. The summed E-state index contributed by atoms with van der Waals surface area (Å²) in [5.41, 5.74) is 0. The zero-order valence-corrected chi connectivity index (χ0v) is 14.9. The lowest BCUT2D eigenvalue weighted by Crippen LogP contribution is -2.40. The van der Waals surface area contributed by atoms with Crippen molar-refractivity contribution in [1.82, 2.24) is 29.9 Å². The van der Waals surface area contributed by atoms with Crippen molar-refractivity contribution < 1.29 is 9.32 Å². The molecule has 0 aromatic carbocycles. The molecule has 0 radical (unpaired) electrons. The summed E-state index contributed by atoms with van der Waals surface area (Å²) in [7, 11) is 1.92. The molecule has 1 N–H and O–H groups in total. The number of nitrogens with one attached hydrogen (secondary N) is 1. The van der Waals surface area contributed by atoms with Gasteiger partial charge in [0.15, 0.2) is 5.82 Å². The third-order valence-electron chi connectivity index (χ3n) is 4.74. The van der Waals surface area contributed by atoms with Gasteiger partial charge in [0.05, 0.1) is 6.54 Å². The third-order valence-corrected chi connectivity index (χ3v) is 4.74. The van der Waals surface area contributed by atoms with E-state index in [2.05, 4.69) is 20.4 Å². The number of amides is 2.